The standard InChI is InChI=1S/C11H22N2O2S/c1-8(2)4-12-11(16)13-5-10(6-14)15-7-9(13)3/h8-10,14H,4-7H2,1-3H3,(H,12,16). The Hall–Kier alpha value is -0.390. The lowest BCUT2D eigenvalue weighted by Gasteiger charge is -2.39. The van der Waals surface area contributed by atoms with Gasteiger partial charge in [0.05, 0.1) is 25.4 Å². The molecule has 0 spiro atoms. The first kappa shape index (κ1) is 13.7. The Kier molecular flexibility index (Phi) is 5.44. The quantitative estimate of drug-likeness (QED) is 0.714. The third-order valence-corrected chi connectivity index (χ3v) is 3.01. The summed E-state index contributed by atoms with van der Waals surface area (Å²) in [5.74, 6) is 0.572. The molecule has 2 unspecified atom stereocenters. The first-order chi connectivity index (χ1) is 7.54. The summed E-state index contributed by atoms with van der Waals surface area (Å²) in [6.45, 7) is 8.60. The molecule has 0 aromatic heterocycles. The van der Waals surface area contributed by atoms with Crippen molar-refractivity contribution in [1.29, 1.82) is 0 Å². The van der Waals surface area contributed by atoms with E-state index in [0.29, 0.717) is 19.1 Å². The number of morpholine rings is 1. The average molecular weight is 246 g/mol. The molecule has 4 nitrogen and oxygen atoms in total. The summed E-state index contributed by atoms with van der Waals surface area (Å²) >= 11 is 5.35. The minimum atomic E-state index is -0.116. The van der Waals surface area contributed by atoms with E-state index in [-0.39, 0.29) is 18.8 Å². The predicted molar refractivity (Wildman–Crippen MR) is 68.4 cm³/mol. The Labute approximate surface area is 103 Å². The summed E-state index contributed by atoms with van der Waals surface area (Å²) in [5.41, 5.74) is 0. The minimum Gasteiger partial charge on any atom is -0.394 e. The van der Waals surface area contributed by atoms with Crippen LogP contribution in [0.3, 0.4) is 0 Å². The van der Waals surface area contributed by atoms with Gasteiger partial charge < -0.3 is 20.1 Å². The molecule has 1 saturated heterocycles. The van der Waals surface area contributed by atoms with Crippen molar-refractivity contribution in [2.45, 2.75) is 32.9 Å². The smallest absolute Gasteiger partial charge is 0.169 e. The van der Waals surface area contributed by atoms with E-state index in [1.54, 1.807) is 0 Å². The molecule has 0 amide bonds. The number of nitrogens with one attached hydrogen (secondary N) is 1. The fourth-order valence-corrected chi connectivity index (χ4v) is 1.94. The molecule has 1 fully saturated rings. The Balaban J connectivity index is 2.45. The van der Waals surface area contributed by atoms with E-state index in [9.17, 15) is 0 Å². The molecule has 1 aliphatic rings. The van der Waals surface area contributed by atoms with Crippen molar-refractivity contribution in [2.24, 2.45) is 5.92 Å². The van der Waals surface area contributed by atoms with E-state index in [1.807, 2.05) is 0 Å². The largest absolute Gasteiger partial charge is 0.394 e. The zero-order valence-electron chi connectivity index (χ0n) is 10.3. The Bertz CT molecular complexity index is 236. The molecule has 94 valence electrons. The summed E-state index contributed by atoms with van der Waals surface area (Å²) < 4.78 is 5.47. The molecule has 0 saturated carbocycles. The fourth-order valence-electron chi connectivity index (χ4n) is 1.60. The normalized spacial score (nSPS) is 25.9. The summed E-state index contributed by atoms with van der Waals surface area (Å²) in [4.78, 5) is 2.10. The summed E-state index contributed by atoms with van der Waals surface area (Å²) in [7, 11) is 0. The molecule has 1 heterocycles. The summed E-state index contributed by atoms with van der Waals surface area (Å²) in [6.07, 6.45) is -0.116. The first-order valence-electron chi connectivity index (χ1n) is 5.81. The number of aliphatic hydroxyl groups excluding tert-OH is 1. The van der Waals surface area contributed by atoms with Crippen LogP contribution in [0.15, 0.2) is 0 Å². The van der Waals surface area contributed by atoms with Crippen molar-refractivity contribution in [2.75, 3.05) is 26.3 Å². The van der Waals surface area contributed by atoms with Gasteiger partial charge in [-0.25, -0.2) is 0 Å². The Morgan fingerprint density at radius 1 is 1.62 bits per heavy atom. The van der Waals surface area contributed by atoms with E-state index in [4.69, 9.17) is 22.1 Å². The molecule has 0 aromatic carbocycles. The highest BCUT2D eigenvalue weighted by atomic mass is 32.1. The molecule has 1 rings (SSSR count). The van der Waals surface area contributed by atoms with Gasteiger partial charge in [-0.2, -0.15) is 0 Å². The first-order valence-corrected chi connectivity index (χ1v) is 6.22. The van der Waals surface area contributed by atoms with Crippen molar-refractivity contribution in [3.05, 3.63) is 0 Å². The number of hydrogen-bond acceptors (Lipinski definition) is 3. The van der Waals surface area contributed by atoms with Gasteiger partial charge >= 0.3 is 0 Å². The van der Waals surface area contributed by atoms with Crippen molar-refractivity contribution < 1.29 is 9.84 Å². The number of thiocarbonyl (C=S) groups is 1. The van der Waals surface area contributed by atoms with E-state index < -0.39 is 0 Å². The lowest BCUT2D eigenvalue weighted by atomic mass is 10.2. The van der Waals surface area contributed by atoms with E-state index >= 15 is 0 Å². The van der Waals surface area contributed by atoms with Crippen molar-refractivity contribution in [1.82, 2.24) is 10.2 Å². The van der Waals surface area contributed by atoms with Crippen LogP contribution in [-0.4, -0.2) is 53.6 Å². The molecule has 5 heteroatoms. The third-order valence-electron chi connectivity index (χ3n) is 2.63. The van der Waals surface area contributed by atoms with Gasteiger partial charge in [-0.1, -0.05) is 13.8 Å². The lowest BCUT2D eigenvalue weighted by Crippen LogP contribution is -2.55. The molecule has 16 heavy (non-hydrogen) atoms. The number of aliphatic hydroxyl groups is 1. The summed E-state index contributed by atoms with van der Waals surface area (Å²) in [6, 6.07) is 0.273. The highest BCUT2D eigenvalue weighted by molar-refractivity contribution is 7.80. The SMILES string of the molecule is CC(C)CNC(=S)N1CC(CO)OCC1C. The van der Waals surface area contributed by atoms with Crippen LogP contribution in [0.25, 0.3) is 0 Å². The average Bonchev–Trinajstić information content (AvgIpc) is 2.26. The van der Waals surface area contributed by atoms with Gasteiger partial charge in [0.25, 0.3) is 0 Å². The van der Waals surface area contributed by atoms with Crippen LogP contribution in [0.4, 0.5) is 0 Å². The van der Waals surface area contributed by atoms with Crippen LogP contribution in [0.5, 0.6) is 0 Å². The Morgan fingerprint density at radius 2 is 2.31 bits per heavy atom. The minimum absolute atomic E-state index is 0.0516. The second-order valence-electron chi connectivity index (χ2n) is 4.72. The topological polar surface area (TPSA) is 44.7 Å². The second-order valence-corrected chi connectivity index (χ2v) is 5.11. The van der Waals surface area contributed by atoms with Gasteiger partial charge in [-0.15, -0.1) is 0 Å². The third kappa shape index (κ3) is 3.88. The zero-order valence-corrected chi connectivity index (χ0v) is 11.1. The fraction of sp³-hybridized carbons (Fsp3) is 0.909. The van der Waals surface area contributed by atoms with Gasteiger partial charge in [0.15, 0.2) is 5.11 Å². The van der Waals surface area contributed by atoms with E-state index in [0.717, 1.165) is 11.7 Å². The molecular weight excluding hydrogens is 224 g/mol. The van der Waals surface area contributed by atoms with Crippen LogP contribution in [0.2, 0.25) is 0 Å². The van der Waals surface area contributed by atoms with Gasteiger partial charge in [-0.05, 0) is 25.1 Å². The lowest BCUT2D eigenvalue weighted by molar-refractivity contribution is -0.0562. The van der Waals surface area contributed by atoms with Gasteiger partial charge in [0, 0.05) is 13.1 Å². The summed E-state index contributed by atoms with van der Waals surface area (Å²) in [5, 5.41) is 13.1. The van der Waals surface area contributed by atoms with Crippen LogP contribution >= 0.6 is 12.2 Å². The van der Waals surface area contributed by atoms with Crippen LogP contribution in [-0.2, 0) is 4.74 Å². The highest BCUT2D eigenvalue weighted by Crippen LogP contribution is 2.11. The molecule has 0 aromatic rings. The highest BCUT2D eigenvalue weighted by Gasteiger charge is 2.27. The molecule has 2 atom stereocenters. The van der Waals surface area contributed by atoms with Crippen LogP contribution < -0.4 is 5.32 Å². The molecular formula is C11H22N2O2S. The predicted octanol–water partition coefficient (Wildman–Crippen LogP) is 0.599. The molecule has 1 aliphatic heterocycles. The maximum Gasteiger partial charge on any atom is 0.169 e. The number of ether oxygens (including phenoxy) is 1. The number of nitrogens with zero attached hydrogens (tertiary/aromatic N) is 1. The molecule has 0 bridgehead atoms. The van der Waals surface area contributed by atoms with Crippen LogP contribution in [0, 0.1) is 5.92 Å². The van der Waals surface area contributed by atoms with Gasteiger partial charge in [-0.3, -0.25) is 0 Å². The van der Waals surface area contributed by atoms with Gasteiger partial charge in [0.1, 0.15) is 0 Å². The maximum atomic E-state index is 9.08. The molecule has 0 radical (unpaired) electrons. The van der Waals surface area contributed by atoms with Crippen molar-refractivity contribution in [3.8, 4) is 0 Å². The maximum absolute atomic E-state index is 9.08. The molecule has 2 N–H and O–H groups in total. The van der Waals surface area contributed by atoms with Crippen LogP contribution in [0.1, 0.15) is 20.8 Å². The van der Waals surface area contributed by atoms with Gasteiger partial charge in [0.2, 0.25) is 0 Å². The zero-order chi connectivity index (χ0) is 12.1. The number of hydrogen-bond donors (Lipinski definition) is 2. The van der Waals surface area contributed by atoms with Crippen molar-refractivity contribution in [3.63, 3.8) is 0 Å². The number of rotatable bonds is 3. The van der Waals surface area contributed by atoms with Crippen molar-refractivity contribution >= 4 is 17.3 Å². The van der Waals surface area contributed by atoms with E-state index in [1.165, 1.54) is 0 Å². The van der Waals surface area contributed by atoms with E-state index in [2.05, 4.69) is 31.0 Å². The monoisotopic (exact) mass is 246 g/mol. The second kappa shape index (κ2) is 6.37. The Morgan fingerprint density at radius 3 is 2.88 bits per heavy atom. The molecule has 0 aliphatic carbocycles.